The molecule has 0 amide bonds. The van der Waals surface area contributed by atoms with Gasteiger partial charge in [-0.25, -0.2) is 4.98 Å². The molecule has 108 valence electrons. The van der Waals surface area contributed by atoms with E-state index < -0.39 is 0 Å². The third-order valence-electron chi connectivity index (χ3n) is 3.49. The molecule has 4 heteroatoms. The van der Waals surface area contributed by atoms with E-state index in [9.17, 15) is 0 Å². The fourth-order valence-electron chi connectivity index (χ4n) is 2.48. The highest BCUT2D eigenvalue weighted by Crippen LogP contribution is 2.27. The van der Waals surface area contributed by atoms with E-state index >= 15 is 0 Å². The van der Waals surface area contributed by atoms with Gasteiger partial charge < -0.3 is 9.73 Å². The second-order valence-electron chi connectivity index (χ2n) is 5.15. The van der Waals surface area contributed by atoms with Crippen molar-refractivity contribution in [2.24, 2.45) is 0 Å². The normalized spacial score (nSPS) is 12.3. The second kappa shape index (κ2) is 5.74. The maximum absolute atomic E-state index is 5.59. The third kappa shape index (κ3) is 3.00. The van der Waals surface area contributed by atoms with E-state index in [1.807, 2.05) is 25.4 Å². The van der Waals surface area contributed by atoms with Crippen molar-refractivity contribution >= 4 is 17.0 Å². The number of hydrogen-bond acceptors (Lipinski definition) is 4. The van der Waals surface area contributed by atoms with Gasteiger partial charge in [-0.05, 0) is 51.1 Å². The van der Waals surface area contributed by atoms with E-state index in [1.54, 1.807) is 11.3 Å². The van der Waals surface area contributed by atoms with Gasteiger partial charge in [0, 0.05) is 28.4 Å². The highest BCUT2D eigenvalue weighted by molar-refractivity contribution is 7.13. The Morgan fingerprint density at radius 1 is 1.19 bits per heavy atom. The minimum absolute atomic E-state index is 0.216. The first-order chi connectivity index (χ1) is 10.1. The van der Waals surface area contributed by atoms with Gasteiger partial charge in [0.05, 0.1) is 6.04 Å². The Kier molecular flexibility index (Phi) is 3.80. The van der Waals surface area contributed by atoms with Gasteiger partial charge in [0.1, 0.15) is 16.5 Å². The van der Waals surface area contributed by atoms with E-state index in [-0.39, 0.29) is 6.04 Å². The monoisotopic (exact) mass is 298 g/mol. The largest absolute Gasteiger partial charge is 0.466 e. The van der Waals surface area contributed by atoms with Crippen LogP contribution in [0.4, 0.5) is 5.69 Å². The van der Waals surface area contributed by atoms with Crippen molar-refractivity contribution in [1.82, 2.24) is 4.98 Å². The molecule has 3 aromatic rings. The van der Waals surface area contributed by atoms with Crippen molar-refractivity contribution in [3.63, 3.8) is 0 Å². The molecule has 1 unspecified atom stereocenters. The van der Waals surface area contributed by atoms with Crippen LogP contribution in [0, 0.1) is 13.8 Å². The Morgan fingerprint density at radius 2 is 1.95 bits per heavy atom. The average Bonchev–Trinajstić information content (AvgIpc) is 3.09. The van der Waals surface area contributed by atoms with Crippen molar-refractivity contribution in [2.45, 2.75) is 26.8 Å². The van der Waals surface area contributed by atoms with Gasteiger partial charge in [-0.15, -0.1) is 11.3 Å². The Morgan fingerprint density at radius 3 is 2.52 bits per heavy atom. The number of nitrogens with one attached hydrogen (secondary N) is 1. The van der Waals surface area contributed by atoms with Gasteiger partial charge in [0.25, 0.3) is 0 Å². The van der Waals surface area contributed by atoms with Crippen molar-refractivity contribution in [2.75, 3.05) is 5.32 Å². The van der Waals surface area contributed by atoms with Gasteiger partial charge in [0.15, 0.2) is 0 Å². The number of nitrogens with zero attached hydrogens (tertiary/aromatic N) is 1. The zero-order valence-electron chi connectivity index (χ0n) is 12.4. The molecule has 0 aliphatic carbocycles. The fourth-order valence-corrected chi connectivity index (χ4v) is 3.13. The van der Waals surface area contributed by atoms with Crippen molar-refractivity contribution in [3.05, 3.63) is 59.0 Å². The van der Waals surface area contributed by atoms with E-state index in [2.05, 4.69) is 47.6 Å². The van der Waals surface area contributed by atoms with Crippen LogP contribution in [0.5, 0.6) is 0 Å². The van der Waals surface area contributed by atoms with Crippen LogP contribution in [0.3, 0.4) is 0 Å². The van der Waals surface area contributed by atoms with Crippen LogP contribution in [0.25, 0.3) is 10.6 Å². The lowest BCUT2D eigenvalue weighted by molar-refractivity contribution is 0.500. The van der Waals surface area contributed by atoms with Crippen LogP contribution in [0.15, 0.2) is 46.3 Å². The number of aryl methyl sites for hydroxylation is 2. The molecule has 0 bridgehead atoms. The molecular formula is C17H18N2OS. The average molecular weight is 298 g/mol. The molecule has 0 fully saturated rings. The van der Waals surface area contributed by atoms with Crippen LogP contribution < -0.4 is 5.32 Å². The summed E-state index contributed by atoms with van der Waals surface area (Å²) < 4.78 is 5.59. The minimum atomic E-state index is 0.216. The predicted molar refractivity (Wildman–Crippen MR) is 87.8 cm³/mol. The second-order valence-corrected chi connectivity index (χ2v) is 6.04. The standard InChI is InChI=1S/C17H18N2OS/c1-11-10-16(13(3)20-11)12(2)19-15-6-4-14(5-7-15)17-18-8-9-21-17/h4-10,12,19H,1-3H3. The molecule has 21 heavy (non-hydrogen) atoms. The maximum atomic E-state index is 5.59. The zero-order chi connectivity index (χ0) is 14.8. The van der Waals surface area contributed by atoms with Crippen molar-refractivity contribution in [3.8, 4) is 10.6 Å². The van der Waals surface area contributed by atoms with E-state index in [0.29, 0.717) is 0 Å². The minimum Gasteiger partial charge on any atom is -0.466 e. The molecule has 0 aliphatic heterocycles. The Hall–Kier alpha value is -2.07. The summed E-state index contributed by atoms with van der Waals surface area (Å²) in [7, 11) is 0. The lowest BCUT2D eigenvalue weighted by Crippen LogP contribution is -2.06. The summed E-state index contributed by atoms with van der Waals surface area (Å²) in [5.41, 5.74) is 3.45. The van der Waals surface area contributed by atoms with Crippen molar-refractivity contribution in [1.29, 1.82) is 0 Å². The fraction of sp³-hybridized carbons (Fsp3) is 0.235. The first kappa shape index (κ1) is 13.9. The topological polar surface area (TPSA) is 38.1 Å². The van der Waals surface area contributed by atoms with Crippen LogP contribution in [-0.4, -0.2) is 4.98 Å². The first-order valence-corrected chi connectivity index (χ1v) is 7.85. The smallest absolute Gasteiger partial charge is 0.123 e. The highest BCUT2D eigenvalue weighted by atomic mass is 32.1. The molecule has 1 aromatic carbocycles. The maximum Gasteiger partial charge on any atom is 0.123 e. The van der Waals surface area contributed by atoms with Gasteiger partial charge in [0.2, 0.25) is 0 Å². The number of aromatic nitrogens is 1. The van der Waals surface area contributed by atoms with Gasteiger partial charge in [-0.3, -0.25) is 0 Å². The number of furan rings is 1. The van der Waals surface area contributed by atoms with Gasteiger partial charge in [-0.2, -0.15) is 0 Å². The number of hydrogen-bond donors (Lipinski definition) is 1. The molecule has 0 saturated heterocycles. The Labute approximate surface area is 128 Å². The third-order valence-corrected chi connectivity index (χ3v) is 4.32. The van der Waals surface area contributed by atoms with E-state index in [1.165, 1.54) is 5.56 Å². The molecule has 3 nitrogen and oxygen atoms in total. The number of anilines is 1. The molecule has 3 rings (SSSR count). The number of thiazole rings is 1. The first-order valence-electron chi connectivity index (χ1n) is 6.97. The summed E-state index contributed by atoms with van der Waals surface area (Å²) in [6, 6.07) is 10.7. The molecule has 0 saturated carbocycles. The van der Waals surface area contributed by atoms with Gasteiger partial charge >= 0.3 is 0 Å². The molecule has 2 aromatic heterocycles. The SMILES string of the molecule is Cc1cc(C(C)Nc2ccc(-c3nccs3)cc2)c(C)o1. The van der Waals surface area contributed by atoms with Crippen LogP contribution >= 0.6 is 11.3 Å². The molecule has 2 heterocycles. The summed E-state index contributed by atoms with van der Waals surface area (Å²) in [5.74, 6) is 1.93. The number of rotatable bonds is 4. The molecule has 1 atom stereocenters. The van der Waals surface area contributed by atoms with E-state index in [0.717, 1.165) is 27.8 Å². The van der Waals surface area contributed by atoms with Crippen LogP contribution in [0.1, 0.15) is 30.0 Å². The Balaban J connectivity index is 1.74. The summed E-state index contributed by atoms with van der Waals surface area (Å²) in [6.45, 7) is 6.13. The molecule has 0 radical (unpaired) electrons. The van der Waals surface area contributed by atoms with Crippen LogP contribution in [0.2, 0.25) is 0 Å². The summed E-state index contributed by atoms with van der Waals surface area (Å²) in [4.78, 5) is 4.32. The summed E-state index contributed by atoms with van der Waals surface area (Å²) >= 11 is 1.65. The predicted octanol–water partition coefficient (Wildman–Crippen LogP) is 5.19. The van der Waals surface area contributed by atoms with E-state index in [4.69, 9.17) is 4.42 Å². The lowest BCUT2D eigenvalue weighted by Gasteiger charge is -2.14. The molecule has 0 aliphatic rings. The zero-order valence-corrected chi connectivity index (χ0v) is 13.2. The quantitative estimate of drug-likeness (QED) is 0.720. The van der Waals surface area contributed by atoms with Gasteiger partial charge in [-0.1, -0.05) is 0 Å². The lowest BCUT2D eigenvalue weighted by atomic mass is 10.1. The summed E-state index contributed by atoms with van der Waals surface area (Å²) in [6.07, 6.45) is 1.83. The molecule has 1 N–H and O–H groups in total. The number of benzene rings is 1. The molecular weight excluding hydrogens is 280 g/mol. The molecule has 0 spiro atoms. The van der Waals surface area contributed by atoms with Crippen LogP contribution in [-0.2, 0) is 0 Å². The van der Waals surface area contributed by atoms with Crippen molar-refractivity contribution < 1.29 is 4.42 Å². The highest BCUT2D eigenvalue weighted by Gasteiger charge is 2.12. The summed E-state index contributed by atoms with van der Waals surface area (Å²) in [5, 5.41) is 6.55. The Bertz CT molecular complexity index is 714.